The number of carbonyl (C=O) groups is 2. The number of para-hydroxylation sites is 1. The molecule has 0 atom stereocenters. The number of fused-ring (bicyclic) bond motifs is 1. The van der Waals surface area contributed by atoms with Gasteiger partial charge in [0.1, 0.15) is 0 Å². The van der Waals surface area contributed by atoms with Crippen LogP contribution in [0.5, 0.6) is 0 Å². The first-order valence-electron chi connectivity index (χ1n) is 8.99. The number of carbonyl (C=O) groups excluding carboxylic acids is 2. The number of hydrogen-bond donors (Lipinski definition) is 2. The van der Waals surface area contributed by atoms with E-state index in [0.29, 0.717) is 12.1 Å². The summed E-state index contributed by atoms with van der Waals surface area (Å²) in [5.41, 5.74) is 2.68. The van der Waals surface area contributed by atoms with E-state index in [0.717, 1.165) is 18.5 Å². The maximum absolute atomic E-state index is 11.9. The van der Waals surface area contributed by atoms with E-state index in [1.54, 1.807) is 25.3 Å². The van der Waals surface area contributed by atoms with E-state index in [-0.39, 0.29) is 11.8 Å². The summed E-state index contributed by atoms with van der Waals surface area (Å²) in [6.07, 6.45) is 6.19. The Kier molecular flexibility index (Phi) is 6.05. The molecule has 0 saturated heterocycles. The van der Waals surface area contributed by atoms with Crippen LogP contribution in [0.3, 0.4) is 0 Å². The topological polar surface area (TPSA) is 63.1 Å². The molecule has 0 aliphatic heterocycles. The van der Waals surface area contributed by atoms with E-state index < -0.39 is 0 Å². The maximum atomic E-state index is 11.9. The first-order chi connectivity index (χ1) is 13.2. The monoisotopic (exact) mass is 361 g/mol. The average molecular weight is 361 g/mol. The van der Waals surface area contributed by atoms with Crippen LogP contribution in [0.1, 0.15) is 22.3 Å². The second-order valence-corrected chi connectivity index (χ2v) is 6.25. The third-order valence-corrected chi connectivity index (χ3v) is 4.38. The Morgan fingerprint density at radius 1 is 1.04 bits per heavy atom. The summed E-state index contributed by atoms with van der Waals surface area (Å²) < 4.78 is 2.20. The minimum atomic E-state index is -0.126. The second kappa shape index (κ2) is 8.85. The highest BCUT2D eigenvalue weighted by molar-refractivity contribution is 5.94. The van der Waals surface area contributed by atoms with Gasteiger partial charge in [0.15, 0.2) is 0 Å². The number of rotatable bonds is 7. The lowest BCUT2D eigenvalue weighted by Gasteiger charge is -2.06. The summed E-state index contributed by atoms with van der Waals surface area (Å²) in [4.78, 5) is 23.4. The SMILES string of the molecule is CNC(=O)c1ccc(/C=C/C(=O)NCCCn2ccc3ccccc32)cc1. The van der Waals surface area contributed by atoms with Gasteiger partial charge in [-0.3, -0.25) is 9.59 Å². The quantitative estimate of drug-likeness (QED) is 0.501. The van der Waals surface area contributed by atoms with Crippen LogP contribution in [0.4, 0.5) is 0 Å². The summed E-state index contributed by atoms with van der Waals surface area (Å²) >= 11 is 0. The molecule has 27 heavy (non-hydrogen) atoms. The van der Waals surface area contributed by atoms with E-state index >= 15 is 0 Å². The van der Waals surface area contributed by atoms with Crippen molar-refractivity contribution in [1.29, 1.82) is 0 Å². The van der Waals surface area contributed by atoms with Crippen molar-refractivity contribution >= 4 is 28.8 Å². The van der Waals surface area contributed by atoms with Crippen LogP contribution in [0, 0.1) is 0 Å². The third kappa shape index (κ3) is 4.85. The Labute approximate surface area is 158 Å². The van der Waals surface area contributed by atoms with Gasteiger partial charge in [-0.05, 0) is 47.7 Å². The average Bonchev–Trinajstić information content (AvgIpc) is 3.12. The minimum Gasteiger partial charge on any atom is -0.355 e. The smallest absolute Gasteiger partial charge is 0.251 e. The summed E-state index contributed by atoms with van der Waals surface area (Å²) in [6.45, 7) is 1.48. The Balaban J connectivity index is 1.44. The molecule has 2 amide bonds. The van der Waals surface area contributed by atoms with Gasteiger partial charge in [-0.2, -0.15) is 0 Å². The van der Waals surface area contributed by atoms with Crippen molar-refractivity contribution in [3.63, 3.8) is 0 Å². The van der Waals surface area contributed by atoms with Crippen LogP contribution < -0.4 is 10.6 Å². The Hall–Kier alpha value is -3.34. The molecule has 0 aliphatic rings. The molecule has 0 aliphatic carbocycles. The summed E-state index contributed by atoms with van der Waals surface area (Å²) in [5.74, 6) is -0.249. The number of aryl methyl sites for hydroxylation is 1. The molecule has 0 unspecified atom stereocenters. The van der Waals surface area contributed by atoms with E-state index in [2.05, 4.69) is 39.6 Å². The van der Waals surface area contributed by atoms with Crippen molar-refractivity contribution in [2.45, 2.75) is 13.0 Å². The molecule has 3 rings (SSSR count). The lowest BCUT2D eigenvalue weighted by atomic mass is 10.1. The van der Waals surface area contributed by atoms with E-state index in [4.69, 9.17) is 0 Å². The highest BCUT2D eigenvalue weighted by Crippen LogP contribution is 2.15. The van der Waals surface area contributed by atoms with E-state index in [1.807, 2.05) is 24.3 Å². The Morgan fingerprint density at radius 3 is 2.59 bits per heavy atom. The van der Waals surface area contributed by atoms with Crippen molar-refractivity contribution in [3.05, 3.63) is 78.0 Å². The Morgan fingerprint density at radius 2 is 1.81 bits per heavy atom. The predicted molar refractivity (Wildman–Crippen MR) is 108 cm³/mol. The molecule has 5 heteroatoms. The largest absolute Gasteiger partial charge is 0.355 e. The minimum absolute atomic E-state index is 0.122. The molecule has 5 nitrogen and oxygen atoms in total. The number of aromatic nitrogens is 1. The third-order valence-electron chi connectivity index (χ3n) is 4.38. The summed E-state index contributed by atoms with van der Waals surface area (Å²) in [6, 6.07) is 17.5. The number of benzene rings is 2. The molecule has 2 aromatic carbocycles. The fourth-order valence-electron chi connectivity index (χ4n) is 2.92. The Bertz CT molecular complexity index is 955. The van der Waals surface area contributed by atoms with Crippen molar-refractivity contribution in [2.75, 3.05) is 13.6 Å². The van der Waals surface area contributed by atoms with Crippen LogP contribution in [0.15, 0.2) is 66.9 Å². The van der Waals surface area contributed by atoms with Crippen molar-refractivity contribution in [2.24, 2.45) is 0 Å². The van der Waals surface area contributed by atoms with Crippen LogP contribution in [0.2, 0.25) is 0 Å². The zero-order valence-electron chi connectivity index (χ0n) is 15.3. The fourth-order valence-corrected chi connectivity index (χ4v) is 2.92. The van der Waals surface area contributed by atoms with Crippen LogP contribution in [-0.4, -0.2) is 30.0 Å². The lowest BCUT2D eigenvalue weighted by molar-refractivity contribution is -0.116. The molecular weight excluding hydrogens is 338 g/mol. The standard InChI is InChI=1S/C22H23N3O2/c1-23-22(27)19-10-7-17(8-11-19)9-12-21(26)24-14-4-15-25-16-13-18-5-2-3-6-20(18)25/h2-3,5-13,16H,4,14-15H2,1H3,(H,23,27)(H,24,26)/b12-9+. The van der Waals surface area contributed by atoms with Crippen molar-refractivity contribution in [3.8, 4) is 0 Å². The molecule has 0 saturated carbocycles. The molecule has 0 bridgehead atoms. The fraction of sp³-hybridized carbons (Fsp3) is 0.182. The molecule has 0 fully saturated rings. The maximum Gasteiger partial charge on any atom is 0.251 e. The molecule has 2 N–H and O–H groups in total. The predicted octanol–water partition coefficient (Wildman–Crippen LogP) is 3.22. The highest BCUT2D eigenvalue weighted by Gasteiger charge is 2.02. The molecule has 3 aromatic rings. The van der Waals surface area contributed by atoms with Gasteiger partial charge >= 0.3 is 0 Å². The summed E-state index contributed by atoms with van der Waals surface area (Å²) in [5, 5.41) is 6.70. The van der Waals surface area contributed by atoms with Gasteiger partial charge in [-0.25, -0.2) is 0 Å². The molecule has 1 aromatic heterocycles. The molecule has 0 radical (unpaired) electrons. The van der Waals surface area contributed by atoms with Gasteiger partial charge in [0, 0.05) is 43.5 Å². The van der Waals surface area contributed by atoms with Crippen LogP contribution in [-0.2, 0) is 11.3 Å². The van der Waals surface area contributed by atoms with Gasteiger partial charge in [-0.15, -0.1) is 0 Å². The molecule has 1 heterocycles. The van der Waals surface area contributed by atoms with Gasteiger partial charge in [0.05, 0.1) is 0 Å². The zero-order valence-corrected chi connectivity index (χ0v) is 15.3. The first kappa shape index (κ1) is 18.5. The number of amides is 2. The normalized spacial score (nSPS) is 11.0. The second-order valence-electron chi connectivity index (χ2n) is 6.25. The van der Waals surface area contributed by atoms with Gasteiger partial charge < -0.3 is 15.2 Å². The van der Waals surface area contributed by atoms with E-state index in [1.165, 1.54) is 17.0 Å². The van der Waals surface area contributed by atoms with Gasteiger partial charge in [0.25, 0.3) is 5.91 Å². The van der Waals surface area contributed by atoms with Crippen LogP contribution in [0.25, 0.3) is 17.0 Å². The number of nitrogens with zero attached hydrogens (tertiary/aromatic N) is 1. The molecular formula is C22H23N3O2. The van der Waals surface area contributed by atoms with Gasteiger partial charge in [0.2, 0.25) is 5.91 Å². The van der Waals surface area contributed by atoms with E-state index in [9.17, 15) is 9.59 Å². The molecule has 138 valence electrons. The van der Waals surface area contributed by atoms with Crippen molar-refractivity contribution in [1.82, 2.24) is 15.2 Å². The number of nitrogens with one attached hydrogen (secondary N) is 2. The number of hydrogen-bond acceptors (Lipinski definition) is 2. The van der Waals surface area contributed by atoms with Gasteiger partial charge in [-0.1, -0.05) is 30.3 Å². The lowest BCUT2D eigenvalue weighted by Crippen LogP contribution is -2.23. The molecule has 0 spiro atoms. The first-order valence-corrected chi connectivity index (χ1v) is 8.99. The summed E-state index contributed by atoms with van der Waals surface area (Å²) in [7, 11) is 1.60. The zero-order chi connectivity index (χ0) is 19.1. The highest BCUT2D eigenvalue weighted by atomic mass is 16.2. The van der Waals surface area contributed by atoms with Crippen molar-refractivity contribution < 1.29 is 9.59 Å². The van der Waals surface area contributed by atoms with Crippen LogP contribution >= 0.6 is 0 Å².